The summed E-state index contributed by atoms with van der Waals surface area (Å²) in [6, 6.07) is 9.76. The largest absolute Gasteiger partial charge is 0.326 e. The number of rotatable bonds is 5. The lowest BCUT2D eigenvalue weighted by Gasteiger charge is -2.09. The van der Waals surface area contributed by atoms with E-state index in [1.54, 1.807) is 4.52 Å². The fraction of sp³-hybridized carbons (Fsp3) is 0.318. The van der Waals surface area contributed by atoms with E-state index in [9.17, 15) is 4.79 Å². The summed E-state index contributed by atoms with van der Waals surface area (Å²) in [6.07, 6.45) is 1.00. The Bertz CT molecular complexity index is 1250. The number of aryl methyl sites for hydroxylation is 4. The SMILES string of the molecule is Cc1ccc(NC(=O)CCc2c(C)nn(-c3ccc4nnc(C)n4n3)c2C)c(C)c1. The number of nitrogens with one attached hydrogen (secondary N) is 1. The zero-order chi connectivity index (χ0) is 21.4. The van der Waals surface area contributed by atoms with Crippen LogP contribution in [0.25, 0.3) is 11.5 Å². The molecule has 1 aromatic carbocycles. The maximum Gasteiger partial charge on any atom is 0.224 e. The molecule has 0 radical (unpaired) electrons. The van der Waals surface area contributed by atoms with Gasteiger partial charge in [0.15, 0.2) is 17.3 Å². The van der Waals surface area contributed by atoms with Crippen LogP contribution in [0.2, 0.25) is 0 Å². The zero-order valence-electron chi connectivity index (χ0n) is 17.9. The van der Waals surface area contributed by atoms with E-state index >= 15 is 0 Å². The number of anilines is 1. The van der Waals surface area contributed by atoms with E-state index in [4.69, 9.17) is 0 Å². The highest BCUT2D eigenvalue weighted by molar-refractivity contribution is 5.91. The van der Waals surface area contributed by atoms with Gasteiger partial charge in [-0.05, 0) is 70.4 Å². The van der Waals surface area contributed by atoms with Crippen molar-refractivity contribution in [3.63, 3.8) is 0 Å². The van der Waals surface area contributed by atoms with Gasteiger partial charge in [-0.15, -0.1) is 15.3 Å². The van der Waals surface area contributed by atoms with Crippen molar-refractivity contribution in [2.24, 2.45) is 0 Å². The van der Waals surface area contributed by atoms with Gasteiger partial charge in [0.25, 0.3) is 0 Å². The molecule has 8 nitrogen and oxygen atoms in total. The molecular weight excluding hydrogens is 378 g/mol. The van der Waals surface area contributed by atoms with Crippen molar-refractivity contribution in [3.05, 3.63) is 64.2 Å². The molecule has 4 rings (SSSR count). The van der Waals surface area contributed by atoms with Gasteiger partial charge in [-0.25, -0.2) is 4.68 Å². The highest BCUT2D eigenvalue weighted by Crippen LogP contribution is 2.20. The highest BCUT2D eigenvalue weighted by atomic mass is 16.1. The van der Waals surface area contributed by atoms with Gasteiger partial charge in [-0.1, -0.05) is 17.7 Å². The van der Waals surface area contributed by atoms with Gasteiger partial charge < -0.3 is 5.32 Å². The molecule has 0 bridgehead atoms. The molecule has 0 aliphatic carbocycles. The minimum atomic E-state index is -0.00633. The predicted octanol–water partition coefficient (Wildman–Crippen LogP) is 3.42. The smallest absolute Gasteiger partial charge is 0.224 e. The molecule has 1 amide bonds. The number of carbonyl (C=O) groups excluding carboxylic acids is 1. The average Bonchev–Trinajstić information content (AvgIpc) is 3.21. The fourth-order valence-electron chi connectivity index (χ4n) is 3.66. The number of carbonyl (C=O) groups is 1. The molecule has 0 unspecified atom stereocenters. The van der Waals surface area contributed by atoms with E-state index in [1.165, 1.54) is 5.56 Å². The lowest BCUT2D eigenvalue weighted by Crippen LogP contribution is -2.13. The minimum Gasteiger partial charge on any atom is -0.326 e. The zero-order valence-corrected chi connectivity index (χ0v) is 17.9. The molecule has 0 atom stereocenters. The minimum absolute atomic E-state index is 0.00633. The maximum atomic E-state index is 12.5. The van der Waals surface area contributed by atoms with Gasteiger partial charge in [0.05, 0.1) is 5.69 Å². The Kier molecular flexibility index (Phi) is 5.07. The molecular formula is C22H25N7O. The predicted molar refractivity (Wildman–Crippen MR) is 115 cm³/mol. The number of nitrogens with zero attached hydrogens (tertiary/aromatic N) is 6. The number of hydrogen-bond acceptors (Lipinski definition) is 5. The third-order valence-corrected chi connectivity index (χ3v) is 5.32. The lowest BCUT2D eigenvalue weighted by molar-refractivity contribution is -0.116. The quantitative estimate of drug-likeness (QED) is 0.551. The van der Waals surface area contributed by atoms with Crippen LogP contribution in [0.1, 0.15) is 40.3 Å². The van der Waals surface area contributed by atoms with Crippen LogP contribution in [0, 0.1) is 34.6 Å². The van der Waals surface area contributed by atoms with Crippen LogP contribution in [0.15, 0.2) is 30.3 Å². The Hall–Kier alpha value is -3.55. The molecule has 30 heavy (non-hydrogen) atoms. The number of aromatic nitrogens is 6. The van der Waals surface area contributed by atoms with Gasteiger partial charge >= 0.3 is 0 Å². The number of benzene rings is 1. The highest BCUT2D eigenvalue weighted by Gasteiger charge is 2.16. The molecule has 0 aliphatic heterocycles. The Morgan fingerprint density at radius 1 is 1.00 bits per heavy atom. The molecule has 0 aliphatic rings. The summed E-state index contributed by atoms with van der Waals surface area (Å²) in [6.45, 7) is 9.87. The van der Waals surface area contributed by atoms with Crippen molar-refractivity contribution >= 4 is 17.2 Å². The van der Waals surface area contributed by atoms with Crippen LogP contribution >= 0.6 is 0 Å². The van der Waals surface area contributed by atoms with Gasteiger partial charge in [0.2, 0.25) is 5.91 Å². The molecule has 0 spiro atoms. The van der Waals surface area contributed by atoms with Crippen molar-refractivity contribution in [2.75, 3.05) is 5.32 Å². The second-order valence-corrected chi connectivity index (χ2v) is 7.64. The molecule has 3 aromatic heterocycles. The van der Waals surface area contributed by atoms with Crippen LogP contribution in [-0.2, 0) is 11.2 Å². The van der Waals surface area contributed by atoms with Crippen LogP contribution in [-0.4, -0.2) is 35.5 Å². The first-order valence-corrected chi connectivity index (χ1v) is 9.95. The van der Waals surface area contributed by atoms with Crippen LogP contribution < -0.4 is 5.32 Å². The first kappa shape index (κ1) is 19.8. The first-order chi connectivity index (χ1) is 14.3. The summed E-state index contributed by atoms with van der Waals surface area (Å²) >= 11 is 0. The average molecular weight is 403 g/mol. The second-order valence-electron chi connectivity index (χ2n) is 7.64. The summed E-state index contributed by atoms with van der Waals surface area (Å²) in [5.74, 6) is 1.40. The van der Waals surface area contributed by atoms with Gasteiger partial charge in [-0.3, -0.25) is 4.79 Å². The summed E-state index contributed by atoms with van der Waals surface area (Å²) in [5, 5.41) is 20.4. The summed E-state index contributed by atoms with van der Waals surface area (Å²) < 4.78 is 3.51. The Morgan fingerprint density at radius 2 is 1.80 bits per heavy atom. The Labute approximate surface area is 174 Å². The van der Waals surface area contributed by atoms with E-state index in [0.717, 1.165) is 34.0 Å². The molecule has 8 heteroatoms. The lowest BCUT2D eigenvalue weighted by atomic mass is 10.1. The van der Waals surface area contributed by atoms with Crippen molar-refractivity contribution in [2.45, 2.75) is 47.5 Å². The third kappa shape index (κ3) is 3.68. The second kappa shape index (κ2) is 7.70. The molecule has 1 N–H and O–H groups in total. The Balaban J connectivity index is 1.51. The van der Waals surface area contributed by atoms with E-state index in [-0.39, 0.29) is 5.91 Å². The van der Waals surface area contributed by atoms with Gasteiger partial charge in [0, 0.05) is 17.8 Å². The first-order valence-electron chi connectivity index (χ1n) is 9.95. The number of hydrogen-bond donors (Lipinski definition) is 1. The van der Waals surface area contributed by atoms with Crippen molar-refractivity contribution < 1.29 is 4.79 Å². The van der Waals surface area contributed by atoms with Crippen molar-refractivity contribution in [3.8, 4) is 5.82 Å². The topological polar surface area (TPSA) is 90.0 Å². The van der Waals surface area contributed by atoms with Crippen molar-refractivity contribution in [1.82, 2.24) is 29.6 Å². The molecule has 0 saturated heterocycles. The van der Waals surface area contributed by atoms with Gasteiger partial charge in [0.1, 0.15) is 0 Å². The monoisotopic (exact) mass is 403 g/mol. The maximum absolute atomic E-state index is 12.5. The van der Waals surface area contributed by atoms with E-state index in [2.05, 4.69) is 31.8 Å². The molecule has 154 valence electrons. The third-order valence-electron chi connectivity index (χ3n) is 5.32. The fourth-order valence-corrected chi connectivity index (χ4v) is 3.66. The number of amides is 1. The molecule has 4 aromatic rings. The van der Waals surface area contributed by atoms with E-state index in [1.807, 2.05) is 63.6 Å². The summed E-state index contributed by atoms with van der Waals surface area (Å²) in [5.41, 5.74) is 6.73. The van der Waals surface area contributed by atoms with Gasteiger partial charge in [-0.2, -0.15) is 9.61 Å². The van der Waals surface area contributed by atoms with E-state index in [0.29, 0.717) is 24.3 Å². The van der Waals surface area contributed by atoms with E-state index < -0.39 is 0 Å². The van der Waals surface area contributed by atoms with Crippen molar-refractivity contribution in [1.29, 1.82) is 0 Å². The Morgan fingerprint density at radius 3 is 2.57 bits per heavy atom. The molecule has 0 saturated carbocycles. The normalized spacial score (nSPS) is 11.2. The summed E-state index contributed by atoms with van der Waals surface area (Å²) in [4.78, 5) is 12.5. The van der Waals surface area contributed by atoms with Crippen LogP contribution in [0.3, 0.4) is 0 Å². The molecule has 3 heterocycles. The standard InChI is InChI=1S/C22H25N7O/c1-13-6-8-19(14(2)12-13)23-22(30)11-7-18-15(3)26-28(16(18)4)21-10-9-20-25-24-17(5)29(20)27-21/h6,8-10,12H,7,11H2,1-5H3,(H,23,30). The summed E-state index contributed by atoms with van der Waals surface area (Å²) in [7, 11) is 0. The van der Waals surface area contributed by atoms with Crippen LogP contribution in [0.5, 0.6) is 0 Å². The number of fused-ring (bicyclic) bond motifs is 1. The molecule has 0 fully saturated rings. The van der Waals surface area contributed by atoms with Crippen LogP contribution in [0.4, 0.5) is 5.69 Å².